The lowest BCUT2D eigenvalue weighted by molar-refractivity contribution is 0.415. The van der Waals surface area contributed by atoms with Crippen molar-refractivity contribution in [2.45, 2.75) is 5.75 Å². The van der Waals surface area contributed by atoms with Crippen molar-refractivity contribution < 1.29 is 13.2 Å². The van der Waals surface area contributed by atoms with Gasteiger partial charge in [-0.3, -0.25) is 0 Å². The van der Waals surface area contributed by atoms with Crippen molar-refractivity contribution in [3.63, 3.8) is 0 Å². The van der Waals surface area contributed by atoms with Crippen molar-refractivity contribution >= 4 is 21.4 Å². The minimum absolute atomic E-state index is 0.0172. The topological polar surface area (TPSA) is 69.4 Å². The molecule has 0 amide bonds. The second-order valence-corrected chi connectivity index (χ2v) is 5.94. The predicted molar refractivity (Wildman–Crippen MR) is 64.5 cm³/mol. The predicted octanol–water partition coefficient (Wildman–Crippen LogP) is 1.22. The van der Waals surface area contributed by atoms with E-state index in [-0.39, 0.29) is 18.1 Å². The van der Waals surface area contributed by atoms with E-state index >= 15 is 0 Å². The standard InChI is InChI=1S/C10H14ClNO3S/c1-15-10-3-2-8(6-9(10)11)7-16(13,14)5-4-12/h2-3,6H,4-5,7,12H2,1H3. The van der Waals surface area contributed by atoms with E-state index < -0.39 is 9.84 Å². The number of sulfone groups is 1. The zero-order valence-corrected chi connectivity index (χ0v) is 10.5. The van der Waals surface area contributed by atoms with Gasteiger partial charge in [-0.05, 0) is 17.7 Å². The molecule has 0 aliphatic rings. The molecule has 0 atom stereocenters. The Morgan fingerprint density at radius 3 is 2.62 bits per heavy atom. The molecule has 0 spiro atoms. The van der Waals surface area contributed by atoms with Crippen LogP contribution < -0.4 is 10.5 Å². The Bertz CT molecular complexity index is 459. The van der Waals surface area contributed by atoms with E-state index in [9.17, 15) is 8.42 Å². The molecule has 0 radical (unpaired) electrons. The SMILES string of the molecule is COc1ccc(CS(=O)(=O)CCN)cc1Cl. The van der Waals surface area contributed by atoms with E-state index in [4.69, 9.17) is 22.1 Å². The Hall–Kier alpha value is -0.780. The summed E-state index contributed by atoms with van der Waals surface area (Å²) < 4.78 is 28.0. The van der Waals surface area contributed by atoms with Crippen LogP contribution in [0.4, 0.5) is 0 Å². The zero-order chi connectivity index (χ0) is 12.2. The first-order valence-electron chi connectivity index (χ1n) is 4.71. The third-order valence-electron chi connectivity index (χ3n) is 2.03. The summed E-state index contributed by atoms with van der Waals surface area (Å²) in [7, 11) is -1.64. The Morgan fingerprint density at radius 1 is 1.44 bits per heavy atom. The molecule has 16 heavy (non-hydrogen) atoms. The Balaban J connectivity index is 2.87. The second kappa shape index (κ2) is 5.52. The van der Waals surface area contributed by atoms with Gasteiger partial charge in [-0.25, -0.2) is 8.42 Å². The number of ether oxygens (including phenoxy) is 1. The minimum Gasteiger partial charge on any atom is -0.495 e. The van der Waals surface area contributed by atoms with E-state index in [1.54, 1.807) is 18.2 Å². The number of hydrogen-bond acceptors (Lipinski definition) is 4. The fourth-order valence-corrected chi connectivity index (χ4v) is 2.78. The molecular weight excluding hydrogens is 250 g/mol. The monoisotopic (exact) mass is 263 g/mol. The number of hydrogen-bond donors (Lipinski definition) is 1. The van der Waals surface area contributed by atoms with Gasteiger partial charge in [0.2, 0.25) is 0 Å². The maximum Gasteiger partial charge on any atom is 0.155 e. The lowest BCUT2D eigenvalue weighted by atomic mass is 10.2. The van der Waals surface area contributed by atoms with Crippen LogP contribution in [0.5, 0.6) is 5.75 Å². The molecule has 0 saturated heterocycles. The number of nitrogens with two attached hydrogens (primary N) is 1. The highest BCUT2D eigenvalue weighted by Crippen LogP contribution is 2.25. The summed E-state index contributed by atoms with van der Waals surface area (Å²) in [6.07, 6.45) is 0. The average Bonchev–Trinajstić information content (AvgIpc) is 2.17. The molecule has 0 aromatic heterocycles. The summed E-state index contributed by atoms with van der Waals surface area (Å²) in [4.78, 5) is 0. The highest BCUT2D eigenvalue weighted by molar-refractivity contribution is 7.90. The number of benzene rings is 1. The van der Waals surface area contributed by atoms with Gasteiger partial charge in [0.1, 0.15) is 5.75 Å². The number of halogens is 1. The summed E-state index contributed by atoms with van der Waals surface area (Å²) in [6.45, 7) is 0.131. The van der Waals surface area contributed by atoms with Crippen LogP contribution in [-0.2, 0) is 15.6 Å². The van der Waals surface area contributed by atoms with Gasteiger partial charge in [-0.2, -0.15) is 0 Å². The number of rotatable bonds is 5. The molecule has 1 rings (SSSR count). The highest BCUT2D eigenvalue weighted by Gasteiger charge is 2.12. The third-order valence-corrected chi connectivity index (χ3v) is 3.96. The van der Waals surface area contributed by atoms with Crippen molar-refractivity contribution in [3.05, 3.63) is 28.8 Å². The third kappa shape index (κ3) is 3.66. The molecule has 0 aliphatic heterocycles. The van der Waals surface area contributed by atoms with E-state index in [0.717, 1.165) is 0 Å². The van der Waals surface area contributed by atoms with Crippen LogP contribution in [0.25, 0.3) is 0 Å². The maximum absolute atomic E-state index is 11.5. The number of methoxy groups -OCH3 is 1. The summed E-state index contributed by atoms with van der Waals surface area (Å²) in [5.74, 6) is 0.464. The van der Waals surface area contributed by atoms with Crippen molar-refractivity contribution in [3.8, 4) is 5.75 Å². The molecule has 0 heterocycles. The van der Waals surface area contributed by atoms with E-state index in [1.165, 1.54) is 7.11 Å². The summed E-state index contributed by atoms with van der Waals surface area (Å²) in [5, 5.41) is 0.406. The van der Waals surface area contributed by atoms with Crippen LogP contribution >= 0.6 is 11.6 Å². The molecule has 90 valence electrons. The van der Waals surface area contributed by atoms with Crippen LogP contribution in [-0.4, -0.2) is 27.8 Å². The lowest BCUT2D eigenvalue weighted by Gasteiger charge is -2.06. The van der Waals surface area contributed by atoms with Gasteiger partial charge in [0, 0.05) is 6.54 Å². The van der Waals surface area contributed by atoms with Crippen LogP contribution in [0.1, 0.15) is 5.56 Å². The van der Waals surface area contributed by atoms with E-state index in [2.05, 4.69) is 0 Å². The lowest BCUT2D eigenvalue weighted by Crippen LogP contribution is -2.17. The van der Waals surface area contributed by atoms with Gasteiger partial charge < -0.3 is 10.5 Å². The molecule has 4 nitrogen and oxygen atoms in total. The van der Waals surface area contributed by atoms with Crippen molar-refractivity contribution in [1.82, 2.24) is 0 Å². The molecular formula is C10H14ClNO3S. The molecule has 1 aromatic rings. The van der Waals surface area contributed by atoms with Crippen LogP contribution in [0.15, 0.2) is 18.2 Å². The molecule has 1 aromatic carbocycles. The van der Waals surface area contributed by atoms with Gasteiger partial charge in [0.25, 0.3) is 0 Å². The zero-order valence-electron chi connectivity index (χ0n) is 8.94. The fourth-order valence-electron chi connectivity index (χ4n) is 1.31. The van der Waals surface area contributed by atoms with Gasteiger partial charge in [-0.15, -0.1) is 0 Å². The van der Waals surface area contributed by atoms with Gasteiger partial charge in [-0.1, -0.05) is 17.7 Å². The van der Waals surface area contributed by atoms with Gasteiger partial charge in [0.05, 0.1) is 23.6 Å². The molecule has 6 heteroatoms. The Labute approximate surface area is 100 Å². The summed E-state index contributed by atoms with van der Waals surface area (Å²) >= 11 is 5.89. The van der Waals surface area contributed by atoms with Crippen LogP contribution in [0.2, 0.25) is 5.02 Å². The van der Waals surface area contributed by atoms with Crippen molar-refractivity contribution in [1.29, 1.82) is 0 Å². The molecule has 0 aliphatic carbocycles. The van der Waals surface area contributed by atoms with Gasteiger partial charge in [0.15, 0.2) is 9.84 Å². The summed E-state index contributed by atoms with van der Waals surface area (Å²) in [5.41, 5.74) is 5.86. The molecule has 0 bridgehead atoms. The molecule has 0 saturated carbocycles. The average molecular weight is 264 g/mol. The van der Waals surface area contributed by atoms with Crippen molar-refractivity contribution in [2.24, 2.45) is 5.73 Å². The van der Waals surface area contributed by atoms with Crippen LogP contribution in [0.3, 0.4) is 0 Å². The molecule has 0 unspecified atom stereocenters. The smallest absolute Gasteiger partial charge is 0.155 e. The first-order chi connectivity index (χ1) is 7.48. The first kappa shape index (κ1) is 13.3. The Kier molecular flexibility index (Phi) is 4.58. The second-order valence-electron chi connectivity index (χ2n) is 3.35. The van der Waals surface area contributed by atoms with E-state index in [1.807, 2.05) is 0 Å². The molecule has 2 N–H and O–H groups in total. The summed E-state index contributed by atoms with van der Waals surface area (Å²) in [6, 6.07) is 4.92. The van der Waals surface area contributed by atoms with E-state index in [0.29, 0.717) is 16.3 Å². The Morgan fingerprint density at radius 2 is 2.12 bits per heavy atom. The largest absolute Gasteiger partial charge is 0.495 e. The highest BCUT2D eigenvalue weighted by atomic mass is 35.5. The van der Waals surface area contributed by atoms with Gasteiger partial charge >= 0.3 is 0 Å². The maximum atomic E-state index is 11.5. The first-order valence-corrected chi connectivity index (χ1v) is 6.91. The van der Waals surface area contributed by atoms with Crippen molar-refractivity contribution in [2.75, 3.05) is 19.4 Å². The molecule has 0 fully saturated rings. The van der Waals surface area contributed by atoms with Crippen LogP contribution in [0, 0.1) is 0 Å². The minimum atomic E-state index is -3.15. The normalized spacial score (nSPS) is 11.4. The quantitative estimate of drug-likeness (QED) is 0.867. The fraction of sp³-hybridized carbons (Fsp3) is 0.400.